The van der Waals surface area contributed by atoms with E-state index in [-0.39, 0.29) is 21.9 Å². The van der Waals surface area contributed by atoms with Gasteiger partial charge in [-0.05, 0) is 18.0 Å². The number of carbonyl (C=O) groups is 2. The second-order valence-corrected chi connectivity index (χ2v) is 4.72. The molecule has 1 aromatic heterocycles. The SMILES string of the molecule is CCCN(CC(=O)OC)C(=O)c1nnc(Cl)s1. The molecule has 0 fully saturated rings. The lowest BCUT2D eigenvalue weighted by atomic mass is 10.4. The minimum Gasteiger partial charge on any atom is -0.468 e. The van der Waals surface area contributed by atoms with Crippen molar-refractivity contribution in [2.24, 2.45) is 0 Å². The van der Waals surface area contributed by atoms with E-state index in [4.69, 9.17) is 11.6 Å². The van der Waals surface area contributed by atoms with Crippen molar-refractivity contribution in [3.05, 3.63) is 9.47 Å². The van der Waals surface area contributed by atoms with Crippen LogP contribution in [0.5, 0.6) is 0 Å². The molecule has 0 N–H and O–H groups in total. The van der Waals surface area contributed by atoms with Gasteiger partial charge in [-0.2, -0.15) is 0 Å². The van der Waals surface area contributed by atoms with Gasteiger partial charge in [0, 0.05) is 6.54 Å². The average Bonchev–Trinajstić information content (AvgIpc) is 2.74. The van der Waals surface area contributed by atoms with Crippen LogP contribution in [0.4, 0.5) is 0 Å². The van der Waals surface area contributed by atoms with Crippen LogP contribution >= 0.6 is 22.9 Å². The van der Waals surface area contributed by atoms with Crippen LogP contribution < -0.4 is 0 Å². The van der Waals surface area contributed by atoms with Crippen LogP contribution in [0.25, 0.3) is 0 Å². The number of halogens is 1. The van der Waals surface area contributed by atoms with Gasteiger partial charge in [-0.1, -0.05) is 18.3 Å². The molecule has 0 bridgehead atoms. The Morgan fingerprint density at radius 1 is 1.47 bits per heavy atom. The van der Waals surface area contributed by atoms with Gasteiger partial charge in [0.2, 0.25) is 9.47 Å². The number of nitrogens with zero attached hydrogens (tertiary/aromatic N) is 3. The van der Waals surface area contributed by atoms with Crippen molar-refractivity contribution in [3.8, 4) is 0 Å². The van der Waals surface area contributed by atoms with Gasteiger partial charge < -0.3 is 9.64 Å². The summed E-state index contributed by atoms with van der Waals surface area (Å²) in [5.74, 6) is -0.830. The van der Waals surface area contributed by atoms with Gasteiger partial charge in [-0.3, -0.25) is 9.59 Å². The largest absolute Gasteiger partial charge is 0.468 e. The predicted molar refractivity (Wildman–Crippen MR) is 63.1 cm³/mol. The highest BCUT2D eigenvalue weighted by Crippen LogP contribution is 2.16. The molecule has 0 aliphatic rings. The lowest BCUT2D eigenvalue weighted by molar-refractivity contribution is -0.141. The third-order valence-corrected chi connectivity index (χ3v) is 2.92. The summed E-state index contributed by atoms with van der Waals surface area (Å²) in [5, 5.41) is 7.37. The summed E-state index contributed by atoms with van der Waals surface area (Å²) >= 11 is 6.59. The van der Waals surface area contributed by atoms with Crippen molar-refractivity contribution < 1.29 is 14.3 Å². The van der Waals surface area contributed by atoms with Crippen molar-refractivity contribution in [2.45, 2.75) is 13.3 Å². The third kappa shape index (κ3) is 3.94. The Morgan fingerprint density at radius 3 is 2.65 bits per heavy atom. The summed E-state index contributed by atoms with van der Waals surface area (Å²) in [6.07, 6.45) is 0.731. The Morgan fingerprint density at radius 2 is 2.18 bits per heavy atom. The molecule has 0 radical (unpaired) electrons. The molecule has 0 aromatic carbocycles. The van der Waals surface area contributed by atoms with Gasteiger partial charge in [0.25, 0.3) is 5.91 Å². The van der Waals surface area contributed by atoms with Gasteiger partial charge >= 0.3 is 5.97 Å². The molecule has 0 atom stereocenters. The summed E-state index contributed by atoms with van der Waals surface area (Å²) in [5.41, 5.74) is 0. The molecule has 1 amide bonds. The first-order valence-electron chi connectivity index (χ1n) is 4.93. The Kier molecular flexibility index (Phi) is 5.30. The number of amides is 1. The van der Waals surface area contributed by atoms with Crippen LogP contribution in [-0.4, -0.2) is 47.2 Å². The normalized spacial score (nSPS) is 10.1. The number of hydrogen-bond acceptors (Lipinski definition) is 6. The third-order valence-electron chi connectivity index (χ3n) is 1.91. The van der Waals surface area contributed by atoms with Gasteiger partial charge in [-0.15, -0.1) is 10.2 Å². The van der Waals surface area contributed by atoms with Crippen LogP contribution in [0.2, 0.25) is 4.47 Å². The zero-order valence-corrected chi connectivity index (χ0v) is 11.0. The first kappa shape index (κ1) is 13.9. The highest BCUT2D eigenvalue weighted by Gasteiger charge is 2.21. The summed E-state index contributed by atoms with van der Waals surface area (Å²) in [6, 6.07) is 0. The van der Waals surface area contributed by atoms with Crippen molar-refractivity contribution >= 4 is 34.8 Å². The van der Waals surface area contributed by atoms with Crippen molar-refractivity contribution in [1.29, 1.82) is 0 Å². The number of ether oxygens (including phenoxy) is 1. The van der Waals surface area contributed by atoms with E-state index in [1.54, 1.807) is 0 Å². The predicted octanol–water partition coefficient (Wildman–Crippen LogP) is 1.22. The number of esters is 1. The minimum absolute atomic E-state index is 0.0969. The number of carbonyl (C=O) groups excluding carboxylic acids is 2. The Balaban J connectivity index is 2.76. The van der Waals surface area contributed by atoms with Crippen LogP contribution in [-0.2, 0) is 9.53 Å². The van der Waals surface area contributed by atoms with Gasteiger partial charge in [0.05, 0.1) is 7.11 Å². The number of methoxy groups -OCH3 is 1. The van der Waals surface area contributed by atoms with Crippen LogP contribution in [0.15, 0.2) is 0 Å². The van der Waals surface area contributed by atoms with E-state index in [0.717, 1.165) is 17.8 Å². The maximum absolute atomic E-state index is 12.0. The van der Waals surface area contributed by atoms with E-state index in [1.165, 1.54) is 12.0 Å². The summed E-state index contributed by atoms with van der Waals surface area (Å²) in [6.45, 7) is 2.26. The fourth-order valence-electron chi connectivity index (χ4n) is 1.17. The summed E-state index contributed by atoms with van der Waals surface area (Å²) in [7, 11) is 1.28. The number of aromatic nitrogens is 2. The molecule has 0 aliphatic heterocycles. The molecule has 0 saturated carbocycles. The molecular formula is C9H12ClN3O3S. The highest BCUT2D eigenvalue weighted by molar-refractivity contribution is 7.17. The first-order valence-corrected chi connectivity index (χ1v) is 6.13. The Bertz CT molecular complexity index is 410. The van der Waals surface area contributed by atoms with Gasteiger partial charge in [-0.25, -0.2) is 0 Å². The van der Waals surface area contributed by atoms with Crippen molar-refractivity contribution in [1.82, 2.24) is 15.1 Å². The van der Waals surface area contributed by atoms with Crippen molar-refractivity contribution in [3.63, 3.8) is 0 Å². The molecule has 0 saturated heterocycles. The summed E-state index contributed by atoms with van der Waals surface area (Å²) < 4.78 is 4.72. The smallest absolute Gasteiger partial charge is 0.325 e. The number of hydrogen-bond donors (Lipinski definition) is 0. The summed E-state index contributed by atoms with van der Waals surface area (Å²) in [4.78, 5) is 24.5. The zero-order chi connectivity index (χ0) is 12.8. The molecule has 0 spiro atoms. The van der Waals surface area contributed by atoms with Gasteiger partial charge in [0.1, 0.15) is 6.54 Å². The molecule has 94 valence electrons. The van der Waals surface area contributed by atoms with E-state index in [2.05, 4.69) is 14.9 Å². The van der Waals surface area contributed by atoms with Crippen LogP contribution in [0.1, 0.15) is 23.1 Å². The molecule has 0 aliphatic carbocycles. The zero-order valence-electron chi connectivity index (χ0n) is 9.47. The molecule has 8 heteroatoms. The van der Waals surface area contributed by atoms with Gasteiger partial charge in [0.15, 0.2) is 0 Å². The first-order chi connectivity index (χ1) is 8.08. The quantitative estimate of drug-likeness (QED) is 0.757. The lowest BCUT2D eigenvalue weighted by Crippen LogP contribution is -2.36. The number of rotatable bonds is 5. The molecule has 6 nitrogen and oxygen atoms in total. The molecule has 1 rings (SSSR count). The van der Waals surface area contributed by atoms with Crippen molar-refractivity contribution in [2.75, 3.05) is 20.2 Å². The standard InChI is InChI=1S/C9H12ClN3O3S/c1-3-4-13(5-6(14)16-2)8(15)7-11-12-9(10)17-7/h3-5H2,1-2H3. The lowest BCUT2D eigenvalue weighted by Gasteiger charge is -2.18. The molecule has 1 heterocycles. The Labute approximate surface area is 108 Å². The average molecular weight is 278 g/mol. The fraction of sp³-hybridized carbons (Fsp3) is 0.556. The highest BCUT2D eigenvalue weighted by atomic mass is 35.5. The van der Waals surface area contributed by atoms with E-state index < -0.39 is 5.97 Å². The second-order valence-electron chi connectivity index (χ2n) is 3.16. The molecule has 1 aromatic rings. The van der Waals surface area contributed by atoms with E-state index in [1.807, 2.05) is 6.92 Å². The second kappa shape index (κ2) is 6.51. The maximum Gasteiger partial charge on any atom is 0.325 e. The molecule has 0 unspecified atom stereocenters. The Hall–Kier alpha value is -1.21. The topological polar surface area (TPSA) is 72.4 Å². The van der Waals surface area contributed by atoms with E-state index in [9.17, 15) is 9.59 Å². The minimum atomic E-state index is -0.470. The monoisotopic (exact) mass is 277 g/mol. The molecular weight excluding hydrogens is 266 g/mol. The van der Waals surface area contributed by atoms with Crippen LogP contribution in [0, 0.1) is 0 Å². The fourth-order valence-corrected chi connectivity index (χ4v) is 1.97. The van der Waals surface area contributed by atoms with E-state index in [0.29, 0.717) is 6.54 Å². The maximum atomic E-state index is 12.0. The molecule has 17 heavy (non-hydrogen) atoms. The van der Waals surface area contributed by atoms with Crippen LogP contribution in [0.3, 0.4) is 0 Å². The van der Waals surface area contributed by atoms with E-state index >= 15 is 0 Å².